The number of carbonyl (C=O) groups is 1. The summed E-state index contributed by atoms with van der Waals surface area (Å²) in [6, 6.07) is 0. The van der Waals surface area contributed by atoms with Crippen LogP contribution in [-0.2, 0) is 19.7 Å². The molecule has 1 heterocycles. The minimum atomic E-state index is -4.61. The third-order valence-electron chi connectivity index (χ3n) is 6.85. The van der Waals surface area contributed by atoms with Gasteiger partial charge in [-0.15, -0.1) is 23.4 Å². The van der Waals surface area contributed by atoms with Crippen molar-refractivity contribution >= 4 is 5.91 Å². The van der Waals surface area contributed by atoms with E-state index in [-0.39, 0.29) is 48.3 Å². The van der Waals surface area contributed by atoms with Crippen LogP contribution >= 0.6 is 0 Å². The molecule has 0 spiro atoms. The van der Waals surface area contributed by atoms with Gasteiger partial charge in [-0.3, -0.25) is 9.53 Å². The Labute approximate surface area is 165 Å². The Morgan fingerprint density at radius 3 is 2.48 bits per heavy atom. The van der Waals surface area contributed by atoms with Gasteiger partial charge in [-0.2, -0.15) is 0 Å². The molecule has 0 saturated heterocycles. The largest absolute Gasteiger partial charge is 0.522 e. The Balaban J connectivity index is 1.07. The predicted molar refractivity (Wildman–Crippen MR) is 91.7 cm³/mol. The van der Waals surface area contributed by atoms with E-state index in [1.807, 2.05) is 0 Å². The van der Waals surface area contributed by atoms with E-state index >= 15 is 0 Å². The summed E-state index contributed by atoms with van der Waals surface area (Å²) in [7, 11) is 0. The standard InChI is InChI=1S/C19H24F3N3O4/c1-10-2-12(3-10)27-6-14(26)23-18-7-17(8-18,9-18)16-25-24-15(28-16)11-4-13(5-11)29-19(20,21)22/h10-13H,2-9H2,1H3,(H,23,26). The first kappa shape index (κ1) is 19.3. The lowest BCUT2D eigenvalue weighted by Crippen LogP contribution is -2.77. The summed E-state index contributed by atoms with van der Waals surface area (Å²) >= 11 is 0. The third kappa shape index (κ3) is 3.54. The van der Waals surface area contributed by atoms with Crippen LogP contribution in [0, 0.1) is 5.92 Å². The van der Waals surface area contributed by atoms with Crippen LogP contribution in [0.25, 0.3) is 0 Å². The van der Waals surface area contributed by atoms with Gasteiger partial charge in [-0.25, -0.2) is 0 Å². The molecule has 2 bridgehead atoms. The number of nitrogens with one attached hydrogen (secondary N) is 1. The number of ether oxygens (including phenoxy) is 2. The fraction of sp³-hybridized carbons (Fsp3) is 0.842. The van der Waals surface area contributed by atoms with Crippen LogP contribution in [0.3, 0.4) is 0 Å². The second-order valence-corrected chi connectivity index (χ2v) is 9.45. The molecule has 5 saturated carbocycles. The fourth-order valence-corrected chi connectivity index (χ4v) is 5.30. The van der Waals surface area contributed by atoms with E-state index in [1.54, 1.807) is 0 Å². The van der Waals surface area contributed by atoms with Crippen LogP contribution in [0.4, 0.5) is 13.2 Å². The van der Waals surface area contributed by atoms with Crippen LogP contribution in [-0.4, -0.2) is 46.8 Å². The van der Waals surface area contributed by atoms with E-state index in [9.17, 15) is 18.0 Å². The SMILES string of the molecule is CC1CC(OCC(=O)NC23CC(c4nnc(C5CC(OC(F)(F)F)C5)o4)(C2)C3)C1. The molecule has 5 fully saturated rings. The van der Waals surface area contributed by atoms with E-state index < -0.39 is 12.5 Å². The van der Waals surface area contributed by atoms with Crippen molar-refractivity contribution in [3.63, 3.8) is 0 Å². The van der Waals surface area contributed by atoms with Gasteiger partial charge >= 0.3 is 6.36 Å². The number of carbonyl (C=O) groups excluding carboxylic acids is 1. The number of hydrogen-bond donors (Lipinski definition) is 1. The lowest BCUT2D eigenvalue weighted by molar-refractivity contribution is -0.352. The quantitative estimate of drug-likeness (QED) is 0.737. The van der Waals surface area contributed by atoms with Gasteiger partial charge in [-0.05, 0) is 50.9 Å². The van der Waals surface area contributed by atoms with Crippen molar-refractivity contribution in [2.45, 2.75) is 87.3 Å². The van der Waals surface area contributed by atoms with Crippen molar-refractivity contribution < 1.29 is 31.9 Å². The lowest BCUT2D eigenvalue weighted by atomic mass is 9.39. The fourth-order valence-electron chi connectivity index (χ4n) is 5.30. The van der Waals surface area contributed by atoms with E-state index in [0.29, 0.717) is 17.7 Å². The molecule has 1 aromatic rings. The zero-order chi connectivity index (χ0) is 20.4. The third-order valence-corrected chi connectivity index (χ3v) is 6.85. The van der Waals surface area contributed by atoms with Gasteiger partial charge in [0, 0.05) is 11.5 Å². The van der Waals surface area contributed by atoms with Crippen LogP contribution in [0.5, 0.6) is 0 Å². The topological polar surface area (TPSA) is 86.5 Å². The summed E-state index contributed by atoms with van der Waals surface area (Å²) in [5.41, 5.74) is -0.404. The average Bonchev–Trinajstić information content (AvgIpc) is 2.96. The van der Waals surface area contributed by atoms with Crippen molar-refractivity contribution in [1.82, 2.24) is 15.5 Å². The number of nitrogens with zero attached hydrogens (tertiary/aromatic N) is 2. The maximum atomic E-state index is 12.2. The maximum absolute atomic E-state index is 12.2. The highest BCUT2D eigenvalue weighted by molar-refractivity contribution is 5.79. The average molecular weight is 415 g/mol. The van der Waals surface area contributed by atoms with Crippen LogP contribution < -0.4 is 5.32 Å². The molecule has 0 aromatic carbocycles. The number of aromatic nitrogens is 2. The van der Waals surface area contributed by atoms with Gasteiger partial charge in [0.05, 0.1) is 17.6 Å². The first-order valence-electron chi connectivity index (χ1n) is 10.1. The number of halogens is 3. The summed E-state index contributed by atoms with van der Waals surface area (Å²) in [6.07, 6.45) is -0.497. The van der Waals surface area contributed by atoms with E-state index in [2.05, 4.69) is 27.2 Å². The van der Waals surface area contributed by atoms with Crippen molar-refractivity contribution in [3.8, 4) is 0 Å². The van der Waals surface area contributed by atoms with Crippen molar-refractivity contribution in [2.24, 2.45) is 5.92 Å². The Kier molecular flexibility index (Phi) is 4.26. The molecule has 10 heteroatoms. The Morgan fingerprint density at radius 1 is 1.17 bits per heavy atom. The van der Waals surface area contributed by atoms with Crippen LogP contribution in [0.15, 0.2) is 4.42 Å². The zero-order valence-electron chi connectivity index (χ0n) is 16.1. The summed E-state index contributed by atoms with van der Waals surface area (Å²) in [6.45, 7) is 2.27. The molecule has 6 rings (SSSR count). The maximum Gasteiger partial charge on any atom is 0.522 e. The highest BCUT2D eigenvalue weighted by Gasteiger charge is 2.71. The smallest absolute Gasteiger partial charge is 0.424 e. The summed E-state index contributed by atoms with van der Waals surface area (Å²) in [5.74, 6) is 1.32. The van der Waals surface area contributed by atoms with Gasteiger partial charge in [-0.1, -0.05) is 6.92 Å². The molecule has 1 aromatic heterocycles. The molecule has 1 amide bonds. The summed E-state index contributed by atoms with van der Waals surface area (Å²) in [5, 5.41) is 11.2. The molecule has 0 unspecified atom stereocenters. The Bertz CT molecular complexity index is 779. The predicted octanol–water partition coefficient (Wildman–Crippen LogP) is 2.96. The van der Waals surface area contributed by atoms with Gasteiger partial charge in [0.25, 0.3) is 0 Å². The normalized spacial score (nSPS) is 40.3. The van der Waals surface area contributed by atoms with Crippen molar-refractivity contribution in [1.29, 1.82) is 0 Å². The van der Waals surface area contributed by atoms with Gasteiger partial charge in [0.1, 0.15) is 6.61 Å². The molecule has 1 N–H and O–H groups in total. The minimum absolute atomic E-state index is 0.0887. The molecular weight excluding hydrogens is 391 g/mol. The second-order valence-electron chi connectivity index (χ2n) is 9.45. The minimum Gasteiger partial charge on any atom is -0.424 e. The molecule has 160 valence electrons. The summed E-state index contributed by atoms with van der Waals surface area (Å²) < 4.78 is 52.0. The lowest BCUT2D eigenvalue weighted by Gasteiger charge is -2.68. The van der Waals surface area contributed by atoms with Gasteiger partial charge in [0.2, 0.25) is 17.7 Å². The van der Waals surface area contributed by atoms with Crippen LogP contribution in [0.2, 0.25) is 0 Å². The van der Waals surface area contributed by atoms with Crippen LogP contribution in [0.1, 0.15) is 69.6 Å². The number of alkyl halides is 3. The molecule has 0 aliphatic heterocycles. The Morgan fingerprint density at radius 2 is 1.86 bits per heavy atom. The molecule has 5 aliphatic rings. The highest BCUT2D eigenvalue weighted by atomic mass is 19.4. The van der Waals surface area contributed by atoms with Gasteiger partial charge < -0.3 is 14.5 Å². The van der Waals surface area contributed by atoms with E-state index in [4.69, 9.17) is 9.15 Å². The second kappa shape index (κ2) is 6.41. The number of hydrogen-bond acceptors (Lipinski definition) is 6. The zero-order valence-corrected chi connectivity index (χ0v) is 16.1. The van der Waals surface area contributed by atoms with Crippen molar-refractivity contribution in [3.05, 3.63) is 11.8 Å². The number of rotatable bonds is 7. The van der Waals surface area contributed by atoms with E-state index in [1.165, 1.54) is 0 Å². The monoisotopic (exact) mass is 415 g/mol. The molecule has 0 atom stereocenters. The molecular formula is C19H24F3N3O4. The number of amides is 1. The first-order chi connectivity index (χ1) is 13.6. The van der Waals surface area contributed by atoms with E-state index in [0.717, 1.165) is 32.1 Å². The first-order valence-corrected chi connectivity index (χ1v) is 10.1. The summed E-state index contributed by atoms with van der Waals surface area (Å²) in [4.78, 5) is 12.1. The Hall–Kier alpha value is -1.68. The molecule has 7 nitrogen and oxygen atoms in total. The molecule has 29 heavy (non-hydrogen) atoms. The molecule has 0 radical (unpaired) electrons. The van der Waals surface area contributed by atoms with Crippen molar-refractivity contribution in [2.75, 3.05) is 6.61 Å². The molecule has 5 aliphatic carbocycles. The van der Waals surface area contributed by atoms with Gasteiger partial charge in [0.15, 0.2) is 0 Å². The highest BCUT2D eigenvalue weighted by Crippen LogP contribution is 2.67.